The van der Waals surface area contributed by atoms with Crippen LogP contribution < -0.4 is 16.4 Å². The predicted octanol–water partition coefficient (Wildman–Crippen LogP) is 4.23. The lowest BCUT2D eigenvalue weighted by atomic mass is 9.81. The van der Waals surface area contributed by atoms with Crippen LogP contribution in [0.3, 0.4) is 0 Å². The summed E-state index contributed by atoms with van der Waals surface area (Å²) in [6.07, 6.45) is 4.42. The zero-order valence-corrected chi connectivity index (χ0v) is 16.8. The van der Waals surface area contributed by atoms with E-state index >= 15 is 0 Å². The number of hydrogen-bond donors (Lipinski definition) is 3. The summed E-state index contributed by atoms with van der Waals surface area (Å²) < 4.78 is 13.3. The molecule has 0 radical (unpaired) electrons. The first-order chi connectivity index (χ1) is 14.0. The summed E-state index contributed by atoms with van der Waals surface area (Å²) in [6.45, 7) is 1.29. The third-order valence-electron chi connectivity index (χ3n) is 5.34. The van der Waals surface area contributed by atoms with Gasteiger partial charge in [0.2, 0.25) is 0 Å². The Bertz CT molecular complexity index is 890. The summed E-state index contributed by atoms with van der Waals surface area (Å²) >= 11 is 6.16. The van der Waals surface area contributed by atoms with E-state index in [1.165, 1.54) is 24.3 Å². The third kappa shape index (κ3) is 5.78. The van der Waals surface area contributed by atoms with E-state index in [0.29, 0.717) is 41.2 Å². The molecule has 7 heteroatoms. The summed E-state index contributed by atoms with van der Waals surface area (Å²) in [5.74, 6) is -0.264. The molecule has 1 saturated carbocycles. The molecule has 154 valence electrons. The van der Waals surface area contributed by atoms with Gasteiger partial charge in [0.15, 0.2) is 0 Å². The van der Waals surface area contributed by atoms with Crippen LogP contribution in [-0.2, 0) is 0 Å². The van der Waals surface area contributed by atoms with Crippen LogP contribution >= 0.6 is 11.6 Å². The monoisotopic (exact) mass is 417 g/mol. The molecule has 0 saturated heterocycles. The van der Waals surface area contributed by atoms with Crippen LogP contribution in [0.4, 0.5) is 10.1 Å². The maximum absolute atomic E-state index is 13.3. The van der Waals surface area contributed by atoms with Crippen molar-refractivity contribution in [2.24, 2.45) is 17.6 Å². The van der Waals surface area contributed by atoms with E-state index < -0.39 is 11.7 Å². The third-order valence-corrected chi connectivity index (χ3v) is 5.67. The Morgan fingerprint density at radius 2 is 1.83 bits per heavy atom. The van der Waals surface area contributed by atoms with Crippen molar-refractivity contribution < 1.29 is 14.0 Å². The standard InChI is InChI=1S/C22H25ClFN3O2/c23-19-8-7-17(21(28)26-13-15-4-1-3-14(9-15)12-25)11-20(19)27-22(29)16-5-2-6-18(24)10-16/h2,5-8,10-11,14-15H,1,3-4,9,12-13,25H2,(H,26,28)(H,27,29). The number of nitrogens with two attached hydrogens (primary N) is 1. The first-order valence-corrected chi connectivity index (χ1v) is 10.2. The first kappa shape index (κ1) is 21.3. The number of nitrogens with one attached hydrogen (secondary N) is 2. The van der Waals surface area contributed by atoms with E-state index in [1.807, 2.05) is 0 Å². The van der Waals surface area contributed by atoms with Gasteiger partial charge in [-0.1, -0.05) is 24.1 Å². The van der Waals surface area contributed by atoms with Gasteiger partial charge in [0, 0.05) is 17.7 Å². The van der Waals surface area contributed by atoms with Gasteiger partial charge in [-0.2, -0.15) is 0 Å². The number of amides is 2. The molecule has 2 atom stereocenters. The molecule has 2 unspecified atom stereocenters. The smallest absolute Gasteiger partial charge is 0.255 e. The van der Waals surface area contributed by atoms with Gasteiger partial charge >= 0.3 is 0 Å². The second kappa shape index (κ2) is 9.85. The van der Waals surface area contributed by atoms with Crippen LogP contribution in [0.5, 0.6) is 0 Å². The maximum Gasteiger partial charge on any atom is 0.255 e. The molecule has 1 aliphatic carbocycles. The van der Waals surface area contributed by atoms with Gasteiger partial charge in [-0.25, -0.2) is 4.39 Å². The second-order valence-corrected chi connectivity index (χ2v) is 7.91. The maximum atomic E-state index is 13.3. The topological polar surface area (TPSA) is 84.2 Å². The van der Waals surface area contributed by atoms with E-state index in [9.17, 15) is 14.0 Å². The Balaban J connectivity index is 1.63. The number of rotatable bonds is 6. The van der Waals surface area contributed by atoms with Gasteiger partial charge in [-0.15, -0.1) is 0 Å². The van der Waals surface area contributed by atoms with E-state index in [4.69, 9.17) is 17.3 Å². The lowest BCUT2D eigenvalue weighted by Crippen LogP contribution is -2.33. The number of hydrogen-bond acceptors (Lipinski definition) is 3. The van der Waals surface area contributed by atoms with Crippen LogP contribution in [-0.4, -0.2) is 24.9 Å². The van der Waals surface area contributed by atoms with E-state index in [-0.39, 0.29) is 11.5 Å². The molecule has 0 spiro atoms. The molecular formula is C22H25ClFN3O2. The number of carbonyl (C=O) groups excluding carboxylic acids is 2. The molecule has 0 aromatic heterocycles. The van der Waals surface area contributed by atoms with Crippen molar-refractivity contribution in [2.45, 2.75) is 25.7 Å². The van der Waals surface area contributed by atoms with Crippen LogP contribution in [0.25, 0.3) is 0 Å². The summed E-state index contributed by atoms with van der Waals surface area (Å²) in [7, 11) is 0. The predicted molar refractivity (Wildman–Crippen MR) is 113 cm³/mol. The first-order valence-electron chi connectivity index (χ1n) is 9.81. The van der Waals surface area contributed by atoms with Crippen molar-refractivity contribution in [3.8, 4) is 0 Å². The zero-order valence-electron chi connectivity index (χ0n) is 16.1. The molecular weight excluding hydrogens is 393 g/mol. The molecule has 1 fully saturated rings. The van der Waals surface area contributed by atoms with Crippen LogP contribution in [0.1, 0.15) is 46.4 Å². The molecule has 2 amide bonds. The summed E-state index contributed by atoms with van der Waals surface area (Å²) in [6, 6.07) is 10.0. The highest BCUT2D eigenvalue weighted by atomic mass is 35.5. The van der Waals surface area contributed by atoms with Gasteiger partial charge in [-0.05, 0) is 74.0 Å². The molecule has 4 N–H and O–H groups in total. The fraction of sp³-hybridized carbons (Fsp3) is 0.364. The number of carbonyl (C=O) groups is 2. The minimum atomic E-state index is -0.503. The van der Waals surface area contributed by atoms with Crippen molar-refractivity contribution in [1.82, 2.24) is 5.32 Å². The number of benzene rings is 2. The summed E-state index contributed by atoms with van der Waals surface area (Å²) in [5, 5.41) is 5.90. The zero-order chi connectivity index (χ0) is 20.8. The molecule has 1 aliphatic rings. The van der Waals surface area contributed by atoms with Crippen molar-refractivity contribution >= 4 is 29.1 Å². The highest BCUT2D eigenvalue weighted by Crippen LogP contribution is 2.28. The largest absolute Gasteiger partial charge is 0.352 e. The lowest BCUT2D eigenvalue weighted by molar-refractivity contribution is 0.0939. The Labute approximate surface area is 174 Å². The van der Waals surface area contributed by atoms with Crippen LogP contribution in [0, 0.1) is 17.7 Å². The van der Waals surface area contributed by atoms with Gasteiger partial charge in [0.1, 0.15) is 5.82 Å². The molecule has 29 heavy (non-hydrogen) atoms. The summed E-state index contributed by atoms with van der Waals surface area (Å²) in [4.78, 5) is 24.9. The minimum absolute atomic E-state index is 0.169. The molecule has 0 bridgehead atoms. The number of anilines is 1. The van der Waals surface area contributed by atoms with Crippen molar-refractivity contribution in [1.29, 1.82) is 0 Å². The molecule has 0 aliphatic heterocycles. The SMILES string of the molecule is NCC1CCCC(CNC(=O)c2ccc(Cl)c(NC(=O)c3cccc(F)c3)c2)C1. The highest BCUT2D eigenvalue weighted by Gasteiger charge is 2.21. The van der Waals surface area contributed by atoms with E-state index in [1.54, 1.807) is 12.1 Å². The normalized spacial score (nSPS) is 18.9. The molecule has 2 aromatic carbocycles. The average Bonchev–Trinajstić information content (AvgIpc) is 2.73. The second-order valence-electron chi connectivity index (χ2n) is 7.50. The lowest BCUT2D eigenvalue weighted by Gasteiger charge is -2.28. The fourth-order valence-electron chi connectivity index (χ4n) is 3.73. The van der Waals surface area contributed by atoms with Crippen molar-refractivity contribution in [2.75, 3.05) is 18.4 Å². The molecule has 0 heterocycles. The number of halogens is 2. The average molecular weight is 418 g/mol. The van der Waals surface area contributed by atoms with E-state index in [0.717, 1.165) is 31.7 Å². The van der Waals surface area contributed by atoms with Gasteiger partial charge in [-0.3, -0.25) is 9.59 Å². The Morgan fingerprint density at radius 3 is 2.59 bits per heavy atom. The quantitative estimate of drug-likeness (QED) is 0.657. The van der Waals surface area contributed by atoms with Gasteiger partial charge in [0.25, 0.3) is 11.8 Å². The van der Waals surface area contributed by atoms with Crippen LogP contribution in [0.2, 0.25) is 5.02 Å². The van der Waals surface area contributed by atoms with E-state index in [2.05, 4.69) is 10.6 Å². The van der Waals surface area contributed by atoms with Crippen LogP contribution in [0.15, 0.2) is 42.5 Å². The van der Waals surface area contributed by atoms with Crippen molar-refractivity contribution in [3.63, 3.8) is 0 Å². The Hall–Kier alpha value is -2.44. The molecule has 3 rings (SSSR count). The van der Waals surface area contributed by atoms with Crippen molar-refractivity contribution in [3.05, 3.63) is 64.4 Å². The van der Waals surface area contributed by atoms with Gasteiger partial charge < -0.3 is 16.4 Å². The fourth-order valence-corrected chi connectivity index (χ4v) is 3.89. The molecule has 2 aromatic rings. The summed E-state index contributed by atoms with van der Waals surface area (Å²) in [5.41, 5.74) is 6.65. The molecule has 5 nitrogen and oxygen atoms in total. The highest BCUT2D eigenvalue weighted by molar-refractivity contribution is 6.34. The van der Waals surface area contributed by atoms with Gasteiger partial charge in [0.05, 0.1) is 10.7 Å². The minimum Gasteiger partial charge on any atom is -0.352 e. The Kier molecular flexibility index (Phi) is 7.23. The Morgan fingerprint density at radius 1 is 1.07 bits per heavy atom.